The van der Waals surface area contributed by atoms with Crippen molar-refractivity contribution in [2.24, 2.45) is 0 Å². The van der Waals surface area contributed by atoms with Gasteiger partial charge in [0.25, 0.3) is 0 Å². The molecule has 0 radical (unpaired) electrons. The van der Waals surface area contributed by atoms with Gasteiger partial charge in [0.1, 0.15) is 11.4 Å². The second-order valence-electron chi connectivity index (χ2n) is 8.81. The van der Waals surface area contributed by atoms with Crippen LogP contribution in [0, 0.1) is 13.8 Å². The molecule has 4 aromatic carbocycles. The van der Waals surface area contributed by atoms with Crippen molar-refractivity contribution in [3.05, 3.63) is 119 Å². The lowest BCUT2D eigenvalue weighted by molar-refractivity contribution is -0.00338. The first-order valence-electron chi connectivity index (χ1n) is 11.2. The molecule has 0 aliphatic heterocycles. The number of ether oxygens (including phenoxy) is 1. The van der Waals surface area contributed by atoms with Crippen LogP contribution in [0.25, 0.3) is 0 Å². The number of hydrogen-bond acceptors (Lipinski definition) is 3. The molecule has 0 saturated heterocycles. The summed E-state index contributed by atoms with van der Waals surface area (Å²) in [5.74, 6) is -0.221. The number of carbonyl (C=O) groups is 1. The monoisotopic (exact) mass is 469 g/mol. The molecule has 0 bridgehead atoms. The summed E-state index contributed by atoms with van der Waals surface area (Å²) < 4.78 is 5.95. The van der Waals surface area contributed by atoms with E-state index in [1.807, 2.05) is 45.9 Å². The van der Waals surface area contributed by atoms with Crippen molar-refractivity contribution in [3.63, 3.8) is 0 Å². The summed E-state index contributed by atoms with van der Waals surface area (Å²) in [6.07, 6.45) is 0. The van der Waals surface area contributed by atoms with Gasteiger partial charge in [-0.25, -0.2) is 4.79 Å². The van der Waals surface area contributed by atoms with E-state index < -0.39 is 5.60 Å². The highest BCUT2D eigenvalue weighted by molar-refractivity contribution is 7.97. The maximum Gasteiger partial charge on any atom is 0.339 e. The zero-order chi connectivity index (χ0) is 24.3. The van der Waals surface area contributed by atoms with Crippen molar-refractivity contribution in [3.8, 4) is 5.75 Å². The van der Waals surface area contributed by atoms with Crippen molar-refractivity contribution in [2.75, 3.05) is 0 Å². The van der Waals surface area contributed by atoms with Crippen molar-refractivity contribution in [1.82, 2.24) is 0 Å². The van der Waals surface area contributed by atoms with Gasteiger partial charge < -0.3 is 9.84 Å². The molecule has 0 aliphatic rings. The zero-order valence-electron chi connectivity index (χ0n) is 19.9. The van der Waals surface area contributed by atoms with E-state index in [0.717, 1.165) is 21.6 Å². The van der Waals surface area contributed by atoms with E-state index in [9.17, 15) is 9.90 Å². The molecular weight excluding hydrogens is 440 g/mol. The number of phenols is 1. The summed E-state index contributed by atoms with van der Waals surface area (Å²) in [4.78, 5) is 16.9. The molecule has 4 aromatic rings. The minimum absolute atomic E-state index is 0.146. The highest BCUT2D eigenvalue weighted by Crippen LogP contribution is 2.34. The molecule has 0 amide bonds. The van der Waals surface area contributed by atoms with E-state index in [1.165, 1.54) is 9.79 Å². The highest BCUT2D eigenvalue weighted by Gasteiger charge is 2.32. The van der Waals surface area contributed by atoms with Gasteiger partial charge in [-0.15, -0.1) is 0 Å². The molecule has 0 unspecified atom stereocenters. The van der Waals surface area contributed by atoms with Gasteiger partial charge in [0.05, 0.1) is 16.5 Å². The fraction of sp³-hybridized carbons (Fsp3) is 0.167. The SMILES string of the molecule is Cc1cc([S+](c2ccccc2)c2ccccc2)cc(C)c1C(=O)OC(C)(C)c1cccc(O)c1. The minimum atomic E-state index is -0.883. The second kappa shape index (κ2) is 9.78. The molecule has 3 nitrogen and oxygen atoms in total. The Morgan fingerprint density at radius 3 is 1.76 bits per heavy atom. The molecule has 0 aromatic heterocycles. The highest BCUT2D eigenvalue weighted by atomic mass is 32.2. The van der Waals surface area contributed by atoms with E-state index in [-0.39, 0.29) is 22.6 Å². The summed E-state index contributed by atoms with van der Waals surface area (Å²) in [5.41, 5.74) is 2.21. The van der Waals surface area contributed by atoms with Gasteiger partial charge in [0.2, 0.25) is 0 Å². The van der Waals surface area contributed by atoms with Crippen LogP contribution in [-0.4, -0.2) is 11.1 Å². The molecular formula is C30H29O3S+. The standard InChI is InChI=1S/C30H28O3S/c1-21-18-27(34(25-14-7-5-8-15-25)26-16-9-6-10-17-26)19-22(2)28(21)29(32)33-30(3,4)23-12-11-13-24(31)20-23/h5-20H,1-4H3/p+1. The molecule has 0 saturated carbocycles. The molecule has 0 fully saturated rings. The molecule has 172 valence electrons. The Bertz CT molecular complexity index is 1230. The Morgan fingerprint density at radius 1 is 0.735 bits per heavy atom. The Balaban J connectivity index is 1.70. The van der Waals surface area contributed by atoms with Gasteiger partial charge in [-0.3, -0.25) is 0 Å². The Morgan fingerprint density at radius 2 is 1.26 bits per heavy atom. The van der Waals surface area contributed by atoms with Gasteiger partial charge >= 0.3 is 5.97 Å². The third-order valence-corrected chi connectivity index (χ3v) is 7.99. The van der Waals surface area contributed by atoms with Gasteiger partial charge in [-0.2, -0.15) is 0 Å². The average Bonchev–Trinajstić information content (AvgIpc) is 2.80. The summed E-state index contributed by atoms with van der Waals surface area (Å²) in [5, 5.41) is 9.85. The number of aromatic hydroxyl groups is 1. The van der Waals surface area contributed by atoms with Crippen LogP contribution in [0.2, 0.25) is 0 Å². The Labute approximate surface area is 204 Å². The number of carbonyl (C=O) groups excluding carboxylic acids is 1. The first-order chi connectivity index (χ1) is 16.3. The lowest BCUT2D eigenvalue weighted by Crippen LogP contribution is -2.26. The quantitative estimate of drug-likeness (QED) is 0.240. The maximum absolute atomic E-state index is 13.3. The van der Waals surface area contributed by atoms with E-state index >= 15 is 0 Å². The number of hydrogen-bond donors (Lipinski definition) is 1. The second-order valence-corrected chi connectivity index (χ2v) is 10.8. The van der Waals surface area contributed by atoms with Crippen molar-refractivity contribution < 1.29 is 14.6 Å². The van der Waals surface area contributed by atoms with Crippen LogP contribution in [0.1, 0.15) is 40.9 Å². The van der Waals surface area contributed by atoms with Crippen LogP contribution in [0.3, 0.4) is 0 Å². The summed E-state index contributed by atoms with van der Waals surface area (Å²) in [7, 11) is -0.288. The first-order valence-corrected chi connectivity index (χ1v) is 12.5. The van der Waals surface area contributed by atoms with E-state index in [0.29, 0.717) is 5.56 Å². The van der Waals surface area contributed by atoms with Crippen LogP contribution >= 0.6 is 0 Å². The van der Waals surface area contributed by atoms with E-state index in [2.05, 4.69) is 60.7 Å². The number of aryl methyl sites for hydroxylation is 2. The molecule has 0 spiro atoms. The van der Waals surface area contributed by atoms with Gasteiger partial charge in [0, 0.05) is 0 Å². The zero-order valence-corrected chi connectivity index (χ0v) is 20.7. The normalized spacial score (nSPS) is 11.4. The molecule has 0 aliphatic carbocycles. The summed E-state index contributed by atoms with van der Waals surface area (Å²) >= 11 is 0. The van der Waals surface area contributed by atoms with Crippen LogP contribution in [0.15, 0.2) is 112 Å². The Kier molecular flexibility index (Phi) is 6.80. The number of benzene rings is 4. The molecule has 4 heteroatoms. The Hall–Kier alpha value is -3.50. The van der Waals surface area contributed by atoms with Crippen LogP contribution in [0.4, 0.5) is 0 Å². The summed E-state index contributed by atoms with van der Waals surface area (Å²) in [6.45, 7) is 7.60. The fourth-order valence-corrected chi connectivity index (χ4v) is 6.37. The molecule has 1 N–H and O–H groups in total. The average molecular weight is 470 g/mol. The van der Waals surface area contributed by atoms with Gasteiger partial charge in [-0.1, -0.05) is 48.5 Å². The third-order valence-electron chi connectivity index (χ3n) is 5.79. The summed E-state index contributed by atoms with van der Waals surface area (Å²) in [6, 6.07) is 32.0. The topological polar surface area (TPSA) is 46.5 Å². The van der Waals surface area contributed by atoms with Crippen LogP contribution in [0.5, 0.6) is 5.75 Å². The van der Waals surface area contributed by atoms with Crippen molar-refractivity contribution >= 4 is 16.9 Å². The van der Waals surface area contributed by atoms with Gasteiger partial charge in [-0.05, 0) is 92.9 Å². The predicted octanol–water partition coefficient (Wildman–Crippen LogP) is 7.20. The minimum Gasteiger partial charge on any atom is -0.508 e. The number of rotatable bonds is 6. The lowest BCUT2D eigenvalue weighted by atomic mass is 9.97. The molecule has 4 rings (SSSR count). The van der Waals surface area contributed by atoms with Crippen LogP contribution < -0.4 is 0 Å². The predicted molar refractivity (Wildman–Crippen MR) is 138 cm³/mol. The smallest absolute Gasteiger partial charge is 0.339 e. The molecule has 34 heavy (non-hydrogen) atoms. The first kappa shape index (κ1) is 23.7. The van der Waals surface area contributed by atoms with Gasteiger partial charge in [0.15, 0.2) is 14.7 Å². The number of phenolic OH excluding ortho intramolecular Hbond substituents is 1. The van der Waals surface area contributed by atoms with E-state index in [1.54, 1.807) is 18.2 Å². The largest absolute Gasteiger partial charge is 0.508 e. The molecule has 0 atom stereocenters. The lowest BCUT2D eigenvalue weighted by Gasteiger charge is -2.26. The third kappa shape index (κ3) is 5.02. The molecule has 0 heterocycles. The number of esters is 1. The maximum atomic E-state index is 13.3. The van der Waals surface area contributed by atoms with E-state index in [4.69, 9.17) is 4.74 Å². The van der Waals surface area contributed by atoms with Crippen molar-refractivity contribution in [1.29, 1.82) is 0 Å². The van der Waals surface area contributed by atoms with Crippen LogP contribution in [-0.2, 0) is 21.2 Å². The van der Waals surface area contributed by atoms with Crippen molar-refractivity contribution in [2.45, 2.75) is 48.0 Å². The fourth-order valence-electron chi connectivity index (χ4n) is 4.11.